The van der Waals surface area contributed by atoms with Gasteiger partial charge in [0, 0.05) is 5.02 Å². The van der Waals surface area contributed by atoms with Gasteiger partial charge in [-0.1, -0.05) is 23.7 Å². The van der Waals surface area contributed by atoms with Gasteiger partial charge in [-0.05, 0) is 61.4 Å². The number of hydrogen-bond donors (Lipinski definition) is 0. The summed E-state index contributed by atoms with van der Waals surface area (Å²) >= 11 is 5.87. The Morgan fingerprint density at radius 3 is 1.67 bits per heavy atom. The van der Waals surface area contributed by atoms with Crippen molar-refractivity contribution in [3.05, 3.63) is 64.7 Å². The van der Waals surface area contributed by atoms with Crippen LogP contribution in [-0.4, -0.2) is 18.5 Å². The van der Waals surface area contributed by atoms with Crippen molar-refractivity contribution in [1.29, 1.82) is 0 Å². The summed E-state index contributed by atoms with van der Waals surface area (Å²) in [4.78, 5) is 0. The van der Waals surface area contributed by atoms with E-state index in [1.165, 1.54) is 0 Å². The second-order valence-corrected chi connectivity index (χ2v) is 5.04. The summed E-state index contributed by atoms with van der Waals surface area (Å²) in [6.45, 7) is 3.86. The van der Waals surface area contributed by atoms with E-state index in [2.05, 4.69) is 10.2 Å². The summed E-state index contributed by atoms with van der Waals surface area (Å²) in [5, 5.41) is 9.27. The topological polar surface area (TPSA) is 34.0 Å². The molecule has 0 saturated carbocycles. The molecule has 0 aliphatic rings. The number of rotatable bonds is 4. The third-order valence-electron chi connectivity index (χ3n) is 3.12. The molecule has 0 N–H and O–H groups in total. The third-order valence-corrected chi connectivity index (χ3v) is 3.37. The summed E-state index contributed by atoms with van der Waals surface area (Å²) in [6.07, 6.45) is 0. The van der Waals surface area contributed by atoms with Crippen LogP contribution in [0.1, 0.15) is 25.0 Å². The van der Waals surface area contributed by atoms with Crippen molar-refractivity contribution < 1.29 is 4.74 Å². The first-order chi connectivity index (χ1) is 10.1. The molecule has 0 radical (unpaired) electrons. The Bertz CT molecular complexity index is 658. The highest BCUT2D eigenvalue weighted by Gasteiger charge is 1.99. The molecule has 0 unspecified atom stereocenters. The zero-order valence-electron chi connectivity index (χ0n) is 12.3. The highest BCUT2D eigenvalue weighted by molar-refractivity contribution is 6.30. The van der Waals surface area contributed by atoms with Crippen LogP contribution in [0.2, 0.25) is 5.02 Å². The molecule has 0 atom stereocenters. The van der Waals surface area contributed by atoms with Gasteiger partial charge in [0.15, 0.2) is 0 Å². The Morgan fingerprint density at radius 1 is 0.810 bits per heavy atom. The normalized spacial score (nSPS) is 12.4. The molecule has 0 bridgehead atoms. The standard InChI is InChI=1S/C17H17ClN2O/c1-12(14-4-8-16(18)9-5-14)19-20-13(2)15-6-10-17(21-3)11-7-15/h4-11H,1-3H3/b19-12+,20-13+. The largest absolute Gasteiger partial charge is 0.497 e. The van der Waals surface area contributed by atoms with E-state index < -0.39 is 0 Å². The minimum atomic E-state index is 0.712. The molecule has 4 heteroatoms. The summed E-state index contributed by atoms with van der Waals surface area (Å²) in [5.41, 5.74) is 3.72. The van der Waals surface area contributed by atoms with Crippen LogP contribution >= 0.6 is 11.6 Å². The van der Waals surface area contributed by atoms with Crippen molar-refractivity contribution in [2.45, 2.75) is 13.8 Å². The van der Waals surface area contributed by atoms with Gasteiger partial charge < -0.3 is 4.74 Å². The molecule has 0 amide bonds. The van der Waals surface area contributed by atoms with E-state index in [4.69, 9.17) is 16.3 Å². The number of hydrogen-bond acceptors (Lipinski definition) is 3. The van der Waals surface area contributed by atoms with Crippen LogP contribution in [-0.2, 0) is 0 Å². The fourth-order valence-electron chi connectivity index (χ4n) is 1.79. The van der Waals surface area contributed by atoms with Crippen molar-refractivity contribution in [3.8, 4) is 5.75 Å². The fourth-order valence-corrected chi connectivity index (χ4v) is 1.91. The molecule has 2 rings (SSSR count). The van der Waals surface area contributed by atoms with Gasteiger partial charge in [-0.15, -0.1) is 0 Å². The molecular weight excluding hydrogens is 284 g/mol. The van der Waals surface area contributed by atoms with Gasteiger partial charge in [0.05, 0.1) is 18.5 Å². The predicted molar refractivity (Wildman–Crippen MR) is 88.9 cm³/mol. The molecule has 21 heavy (non-hydrogen) atoms. The Hall–Kier alpha value is -2.13. The van der Waals surface area contributed by atoms with Crippen molar-refractivity contribution in [2.75, 3.05) is 7.11 Å². The van der Waals surface area contributed by atoms with Crippen molar-refractivity contribution in [1.82, 2.24) is 0 Å². The first kappa shape index (κ1) is 15.3. The number of halogens is 1. The maximum Gasteiger partial charge on any atom is 0.118 e. The van der Waals surface area contributed by atoms with Crippen LogP contribution in [0.3, 0.4) is 0 Å². The predicted octanol–water partition coefficient (Wildman–Crippen LogP) is 4.58. The molecule has 3 nitrogen and oxygen atoms in total. The van der Waals surface area contributed by atoms with Gasteiger partial charge in [-0.25, -0.2) is 0 Å². The molecule has 0 aromatic heterocycles. The minimum absolute atomic E-state index is 0.712. The SMILES string of the molecule is COc1ccc(/C(C)=N/N=C(\C)c2ccc(Cl)cc2)cc1. The van der Waals surface area contributed by atoms with Crippen LogP contribution in [0, 0.1) is 0 Å². The van der Waals surface area contributed by atoms with Gasteiger partial charge >= 0.3 is 0 Å². The summed E-state index contributed by atoms with van der Waals surface area (Å²) < 4.78 is 5.14. The summed E-state index contributed by atoms with van der Waals surface area (Å²) in [5.74, 6) is 0.826. The maximum absolute atomic E-state index is 5.87. The Kier molecular flexibility index (Phi) is 5.12. The zero-order chi connectivity index (χ0) is 15.2. The Morgan fingerprint density at radius 2 is 1.24 bits per heavy atom. The lowest BCUT2D eigenvalue weighted by Gasteiger charge is -2.02. The van der Waals surface area contributed by atoms with Crippen molar-refractivity contribution >= 4 is 23.0 Å². The Labute approximate surface area is 129 Å². The second kappa shape index (κ2) is 7.04. The van der Waals surface area contributed by atoms with Crippen molar-refractivity contribution in [3.63, 3.8) is 0 Å². The first-order valence-corrected chi connectivity index (χ1v) is 6.97. The maximum atomic E-state index is 5.87. The number of methoxy groups -OCH3 is 1. The quantitative estimate of drug-likeness (QED) is 0.601. The lowest BCUT2D eigenvalue weighted by molar-refractivity contribution is 0.415. The molecular formula is C17H17ClN2O. The van der Waals surface area contributed by atoms with Gasteiger partial charge in [-0.2, -0.15) is 10.2 Å². The molecule has 0 aliphatic carbocycles. The fraction of sp³-hybridized carbons (Fsp3) is 0.176. The molecule has 2 aromatic carbocycles. The van der Waals surface area contributed by atoms with E-state index in [-0.39, 0.29) is 0 Å². The molecule has 2 aromatic rings. The highest BCUT2D eigenvalue weighted by atomic mass is 35.5. The third kappa shape index (κ3) is 4.17. The van der Waals surface area contributed by atoms with Gasteiger partial charge in [-0.3, -0.25) is 0 Å². The Balaban J connectivity index is 2.17. The van der Waals surface area contributed by atoms with Crippen LogP contribution < -0.4 is 4.74 Å². The van der Waals surface area contributed by atoms with E-state index in [1.807, 2.05) is 62.4 Å². The van der Waals surface area contributed by atoms with Gasteiger partial charge in [0.1, 0.15) is 5.75 Å². The minimum Gasteiger partial charge on any atom is -0.497 e. The van der Waals surface area contributed by atoms with Crippen LogP contribution in [0.15, 0.2) is 58.7 Å². The average Bonchev–Trinajstić information content (AvgIpc) is 2.53. The van der Waals surface area contributed by atoms with E-state index in [9.17, 15) is 0 Å². The lowest BCUT2D eigenvalue weighted by atomic mass is 10.1. The van der Waals surface area contributed by atoms with Gasteiger partial charge in [0.25, 0.3) is 0 Å². The van der Waals surface area contributed by atoms with Gasteiger partial charge in [0.2, 0.25) is 0 Å². The number of ether oxygens (including phenoxy) is 1. The van der Waals surface area contributed by atoms with E-state index >= 15 is 0 Å². The number of nitrogens with zero attached hydrogens (tertiary/aromatic N) is 2. The summed E-state index contributed by atoms with van der Waals surface area (Å²) in [7, 11) is 1.65. The molecule has 0 fully saturated rings. The monoisotopic (exact) mass is 300 g/mol. The second-order valence-electron chi connectivity index (χ2n) is 4.61. The first-order valence-electron chi connectivity index (χ1n) is 6.59. The summed E-state index contributed by atoms with van der Waals surface area (Å²) in [6, 6.07) is 15.3. The number of benzene rings is 2. The molecule has 0 spiro atoms. The molecule has 0 aliphatic heterocycles. The molecule has 108 valence electrons. The van der Waals surface area contributed by atoms with Crippen LogP contribution in [0.4, 0.5) is 0 Å². The molecule has 0 saturated heterocycles. The van der Waals surface area contributed by atoms with Crippen LogP contribution in [0.25, 0.3) is 0 Å². The zero-order valence-corrected chi connectivity index (χ0v) is 13.1. The smallest absolute Gasteiger partial charge is 0.118 e. The lowest BCUT2D eigenvalue weighted by Crippen LogP contribution is -1.97. The van der Waals surface area contributed by atoms with Crippen molar-refractivity contribution in [2.24, 2.45) is 10.2 Å². The van der Waals surface area contributed by atoms with Crippen LogP contribution in [0.5, 0.6) is 5.75 Å². The molecule has 0 heterocycles. The van der Waals surface area contributed by atoms with E-state index in [1.54, 1.807) is 7.11 Å². The van der Waals surface area contributed by atoms with E-state index in [0.717, 1.165) is 28.3 Å². The average molecular weight is 301 g/mol. The highest BCUT2D eigenvalue weighted by Crippen LogP contribution is 2.13. The van der Waals surface area contributed by atoms with E-state index in [0.29, 0.717) is 5.02 Å².